The van der Waals surface area contributed by atoms with Crippen LogP contribution in [0.1, 0.15) is 27.0 Å². The predicted octanol–water partition coefficient (Wildman–Crippen LogP) is 5.65. The van der Waals surface area contributed by atoms with Crippen molar-refractivity contribution in [2.24, 2.45) is 0 Å². The number of sulfonamides is 1. The fraction of sp³-hybridized carbons (Fsp3) is 0.0870. The molecule has 3 aromatic rings. The van der Waals surface area contributed by atoms with E-state index in [0.717, 1.165) is 16.7 Å². The molecule has 0 aliphatic carbocycles. The molecule has 0 heterocycles. The van der Waals surface area contributed by atoms with Gasteiger partial charge in [0.2, 0.25) is 0 Å². The zero-order chi connectivity index (χ0) is 21.0. The van der Waals surface area contributed by atoms with Gasteiger partial charge in [0.25, 0.3) is 10.0 Å². The molecule has 3 aromatic carbocycles. The SMILES string of the molecule is Cc1ccc(C)c(/C=C/C(=O)c2ccc(NS(=O)(=O)c3ccc(Cl)cc3)cc2)c1. The van der Waals surface area contributed by atoms with E-state index >= 15 is 0 Å². The second-order valence-corrected chi connectivity index (χ2v) is 8.81. The highest BCUT2D eigenvalue weighted by Gasteiger charge is 2.14. The summed E-state index contributed by atoms with van der Waals surface area (Å²) in [5.41, 5.74) is 4.05. The Morgan fingerprint density at radius 2 is 1.59 bits per heavy atom. The number of carbonyl (C=O) groups is 1. The van der Waals surface area contributed by atoms with E-state index < -0.39 is 10.0 Å². The van der Waals surface area contributed by atoms with Gasteiger partial charge in [0.1, 0.15) is 0 Å². The third-order valence-corrected chi connectivity index (χ3v) is 6.04. The van der Waals surface area contributed by atoms with E-state index in [1.54, 1.807) is 30.3 Å². The summed E-state index contributed by atoms with van der Waals surface area (Å²) in [5, 5.41) is 0.459. The lowest BCUT2D eigenvalue weighted by Gasteiger charge is -2.08. The lowest BCUT2D eigenvalue weighted by Crippen LogP contribution is -2.12. The number of ketones is 1. The van der Waals surface area contributed by atoms with Crippen molar-refractivity contribution in [3.05, 3.63) is 100 Å². The van der Waals surface area contributed by atoms with Gasteiger partial charge in [0, 0.05) is 16.3 Å². The van der Waals surface area contributed by atoms with Crippen molar-refractivity contribution in [2.45, 2.75) is 18.7 Å². The van der Waals surface area contributed by atoms with E-state index in [9.17, 15) is 13.2 Å². The van der Waals surface area contributed by atoms with Gasteiger partial charge in [-0.15, -0.1) is 0 Å². The van der Waals surface area contributed by atoms with E-state index in [1.807, 2.05) is 32.0 Å². The number of anilines is 1. The first-order valence-electron chi connectivity index (χ1n) is 8.93. The summed E-state index contributed by atoms with van der Waals surface area (Å²) < 4.78 is 27.3. The van der Waals surface area contributed by atoms with E-state index in [-0.39, 0.29) is 10.7 Å². The maximum atomic E-state index is 12.4. The first kappa shape index (κ1) is 20.8. The standard InChI is InChI=1S/C23H20ClNO3S/c1-16-3-4-17(2)19(15-16)7-14-23(26)18-5-10-21(11-6-18)25-29(27,28)22-12-8-20(24)9-13-22/h3-15,25H,1-2H3/b14-7+. The summed E-state index contributed by atoms with van der Waals surface area (Å²) in [5.74, 6) is -0.155. The summed E-state index contributed by atoms with van der Waals surface area (Å²) in [4.78, 5) is 12.5. The van der Waals surface area contributed by atoms with E-state index in [1.165, 1.54) is 30.3 Å². The van der Waals surface area contributed by atoms with Crippen LogP contribution in [0.15, 0.2) is 77.7 Å². The van der Waals surface area contributed by atoms with Crippen molar-refractivity contribution in [3.8, 4) is 0 Å². The van der Waals surface area contributed by atoms with E-state index in [4.69, 9.17) is 11.6 Å². The highest BCUT2D eigenvalue weighted by Crippen LogP contribution is 2.19. The largest absolute Gasteiger partial charge is 0.289 e. The van der Waals surface area contributed by atoms with Crippen molar-refractivity contribution in [1.82, 2.24) is 0 Å². The molecule has 0 atom stereocenters. The minimum atomic E-state index is -3.73. The Balaban J connectivity index is 1.72. The quantitative estimate of drug-likeness (QED) is 0.409. The van der Waals surface area contributed by atoms with Gasteiger partial charge in [0.15, 0.2) is 5.78 Å². The Labute approximate surface area is 175 Å². The Morgan fingerprint density at radius 3 is 2.24 bits per heavy atom. The molecule has 148 valence electrons. The number of benzene rings is 3. The molecule has 0 amide bonds. The van der Waals surface area contributed by atoms with Crippen LogP contribution in [0.2, 0.25) is 5.02 Å². The van der Waals surface area contributed by atoms with Crippen molar-refractivity contribution in [3.63, 3.8) is 0 Å². The lowest BCUT2D eigenvalue weighted by molar-refractivity contribution is 0.104. The molecule has 4 nitrogen and oxygen atoms in total. The molecule has 0 saturated carbocycles. The minimum Gasteiger partial charge on any atom is -0.289 e. The number of hydrogen-bond donors (Lipinski definition) is 1. The molecule has 0 aromatic heterocycles. The first-order chi connectivity index (χ1) is 13.7. The van der Waals surface area contributed by atoms with Crippen molar-refractivity contribution >= 4 is 39.2 Å². The molecule has 0 fully saturated rings. The van der Waals surface area contributed by atoms with Crippen LogP contribution < -0.4 is 4.72 Å². The molecule has 0 unspecified atom stereocenters. The van der Waals surface area contributed by atoms with Crippen LogP contribution in [0.4, 0.5) is 5.69 Å². The predicted molar refractivity (Wildman–Crippen MR) is 118 cm³/mol. The molecule has 0 saturated heterocycles. The highest BCUT2D eigenvalue weighted by molar-refractivity contribution is 7.92. The third-order valence-electron chi connectivity index (χ3n) is 4.39. The molecule has 0 radical (unpaired) electrons. The number of rotatable bonds is 6. The smallest absolute Gasteiger partial charge is 0.261 e. The van der Waals surface area contributed by atoms with Gasteiger partial charge < -0.3 is 0 Å². The average molecular weight is 426 g/mol. The van der Waals surface area contributed by atoms with Crippen LogP contribution in [0.5, 0.6) is 0 Å². The Morgan fingerprint density at radius 1 is 0.931 bits per heavy atom. The van der Waals surface area contributed by atoms with Gasteiger partial charge in [-0.2, -0.15) is 0 Å². The second kappa shape index (κ2) is 8.64. The van der Waals surface area contributed by atoms with Crippen molar-refractivity contribution in [2.75, 3.05) is 4.72 Å². The molecule has 29 heavy (non-hydrogen) atoms. The highest BCUT2D eigenvalue weighted by atomic mass is 35.5. The number of hydrogen-bond acceptors (Lipinski definition) is 3. The molecule has 0 bridgehead atoms. The molecular weight excluding hydrogens is 406 g/mol. The monoisotopic (exact) mass is 425 g/mol. The van der Waals surface area contributed by atoms with Gasteiger partial charge in [0.05, 0.1) is 4.90 Å². The zero-order valence-electron chi connectivity index (χ0n) is 16.0. The topological polar surface area (TPSA) is 63.2 Å². The minimum absolute atomic E-state index is 0.110. The number of aryl methyl sites for hydroxylation is 2. The third kappa shape index (κ3) is 5.34. The van der Waals surface area contributed by atoms with Crippen LogP contribution in [-0.2, 0) is 10.0 Å². The summed E-state index contributed by atoms with van der Waals surface area (Å²) in [6.07, 6.45) is 3.32. The van der Waals surface area contributed by atoms with Crippen molar-refractivity contribution < 1.29 is 13.2 Å². The molecule has 6 heteroatoms. The van der Waals surface area contributed by atoms with Gasteiger partial charge in [-0.05, 0) is 79.6 Å². The maximum absolute atomic E-state index is 12.4. The summed E-state index contributed by atoms with van der Waals surface area (Å²) in [6.45, 7) is 3.99. The van der Waals surface area contributed by atoms with Crippen molar-refractivity contribution in [1.29, 1.82) is 0 Å². The van der Waals surface area contributed by atoms with Crippen LogP contribution in [-0.4, -0.2) is 14.2 Å². The zero-order valence-corrected chi connectivity index (χ0v) is 17.6. The van der Waals surface area contributed by atoms with E-state index in [0.29, 0.717) is 16.3 Å². The molecule has 0 aliphatic heterocycles. The van der Waals surface area contributed by atoms with Crippen LogP contribution in [0, 0.1) is 13.8 Å². The Hall–Kier alpha value is -2.89. The van der Waals surface area contributed by atoms with E-state index in [2.05, 4.69) is 4.72 Å². The fourth-order valence-corrected chi connectivity index (χ4v) is 3.92. The summed E-state index contributed by atoms with van der Waals surface area (Å²) >= 11 is 5.80. The first-order valence-corrected chi connectivity index (χ1v) is 10.8. The summed E-state index contributed by atoms with van der Waals surface area (Å²) in [6, 6.07) is 18.3. The molecule has 3 rings (SSSR count). The Bertz CT molecular complexity index is 1170. The van der Waals surface area contributed by atoms with Gasteiger partial charge in [-0.1, -0.05) is 41.4 Å². The number of carbonyl (C=O) groups excluding carboxylic acids is 1. The molecule has 0 spiro atoms. The van der Waals surface area contributed by atoms with Crippen LogP contribution in [0.3, 0.4) is 0 Å². The molecule has 1 N–H and O–H groups in total. The number of nitrogens with one attached hydrogen (secondary N) is 1. The second-order valence-electron chi connectivity index (χ2n) is 6.69. The average Bonchev–Trinajstić information content (AvgIpc) is 2.69. The lowest BCUT2D eigenvalue weighted by atomic mass is 10.0. The molecular formula is C23H20ClNO3S. The van der Waals surface area contributed by atoms with Gasteiger partial charge in [-0.3, -0.25) is 9.52 Å². The number of allylic oxidation sites excluding steroid dienone is 1. The van der Waals surface area contributed by atoms with Crippen LogP contribution in [0.25, 0.3) is 6.08 Å². The van der Waals surface area contributed by atoms with Crippen LogP contribution >= 0.6 is 11.6 Å². The normalized spacial score (nSPS) is 11.6. The summed E-state index contributed by atoms with van der Waals surface area (Å²) in [7, 11) is -3.73. The fourth-order valence-electron chi connectivity index (χ4n) is 2.73. The number of halogens is 1. The van der Waals surface area contributed by atoms with Gasteiger partial charge in [-0.25, -0.2) is 8.42 Å². The van der Waals surface area contributed by atoms with Gasteiger partial charge >= 0.3 is 0 Å². The maximum Gasteiger partial charge on any atom is 0.261 e. The molecule has 0 aliphatic rings. The Kier molecular flexibility index (Phi) is 6.20.